The Bertz CT molecular complexity index is 825. The second-order valence-electron chi connectivity index (χ2n) is 6.40. The van der Waals surface area contributed by atoms with E-state index in [1.165, 1.54) is 0 Å². The standard InChI is InChI=1S/C27H32O4/c1-24(25(2)28)21-19-17-15-13-11-9-7-5-3-4-6-8-10-12-14-16-18-20-22-26(29)23-27(30)31/h3-21,26,29H,22-23H2,1-2H3,(H,30,31)/b4-3+,7-5+,8-6+,11-9+,12-10+,15-13+,16-14+,19-17+,20-18+,24-21-. The van der Waals surface area contributed by atoms with Gasteiger partial charge < -0.3 is 10.2 Å². The van der Waals surface area contributed by atoms with E-state index in [-0.39, 0.29) is 12.2 Å². The molecule has 0 aliphatic heterocycles. The molecular formula is C27H32O4. The lowest BCUT2D eigenvalue weighted by atomic mass is 10.2. The Labute approximate surface area is 185 Å². The maximum absolute atomic E-state index is 11.0. The van der Waals surface area contributed by atoms with Crippen molar-refractivity contribution < 1.29 is 19.8 Å². The van der Waals surface area contributed by atoms with Gasteiger partial charge in [0.1, 0.15) is 0 Å². The largest absolute Gasteiger partial charge is 0.481 e. The average molecular weight is 421 g/mol. The van der Waals surface area contributed by atoms with Crippen LogP contribution in [0, 0.1) is 0 Å². The first kappa shape index (κ1) is 27.5. The number of carbonyl (C=O) groups excluding carboxylic acids is 1. The Balaban J connectivity index is 4.02. The van der Waals surface area contributed by atoms with Crippen LogP contribution in [0.2, 0.25) is 0 Å². The van der Waals surface area contributed by atoms with E-state index in [1.807, 2.05) is 97.2 Å². The molecule has 1 atom stereocenters. The molecule has 0 bridgehead atoms. The third-order valence-electron chi connectivity index (χ3n) is 3.63. The van der Waals surface area contributed by atoms with E-state index in [0.29, 0.717) is 6.42 Å². The van der Waals surface area contributed by atoms with Gasteiger partial charge in [-0.3, -0.25) is 9.59 Å². The number of ketones is 1. The fourth-order valence-corrected chi connectivity index (χ4v) is 1.88. The summed E-state index contributed by atoms with van der Waals surface area (Å²) in [4.78, 5) is 21.4. The number of aliphatic hydroxyl groups excluding tert-OH is 1. The van der Waals surface area contributed by atoms with Crippen LogP contribution in [0.3, 0.4) is 0 Å². The van der Waals surface area contributed by atoms with Crippen molar-refractivity contribution in [3.8, 4) is 0 Å². The van der Waals surface area contributed by atoms with Crippen LogP contribution in [0.25, 0.3) is 0 Å². The molecule has 0 aromatic rings. The minimum atomic E-state index is -1.00. The van der Waals surface area contributed by atoms with Crippen LogP contribution in [0.1, 0.15) is 26.7 Å². The Morgan fingerprint density at radius 3 is 1.35 bits per heavy atom. The predicted molar refractivity (Wildman–Crippen MR) is 130 cm³/mol. The van der Waals surface area contributed by atoms with Crippen LogP contribution < -0.4 is 0 Å². The second-order valence-corrected chi connectivity index (χ2v) is 6.40. The number of aliphatic carboxylic acids is 1. The van der Waals surface area contributed by atoms with Gasteiger partial charge in [0.25, 0.3) is 0 Å². The summed E-state index contributed by atoms with van der Waals surface area (Å²) in [6.45, 7) is 3.34. The Morgan fingerprint density at radius 2 is 1.00 bits per heavy atom. The van der Waals surface area contributed by atoms with Gasteiger partial charge in [-0.05, 0) is 25.8 Å². The highest BCUT2D eigenvalue weighted by Gasteiger charge is 2.06. The molecule has 4 heteroatoms. The van der Waals surface area contributed by atoms with E-state index in [4.69, 9.17) is 5.11 Å². The van der Waals surface area contributed by atoms with Crippen LogP contribution in [0.4, 0.5) is 0 Å². The molecule has 0 aromatic heterocycles. The molecule has 0 rings (SSSR count). The third kappa shape index (κ3) is 21.0. The Kier molecular flexibility index (Phi) is 17.6. The van der Waals surface area contributed by atoms with Crippen molar-refractivity contribution in [2.45, 2.75) is 32.8 Å². The average Bonchev–Trinajstić information content (AvgIpc) is 2.71. The van der Waals surface area contributed by atoms with Crippen molar-refractivity contribution in [3.05, 3.63) is 121 Å². The SMILES string of the molecule is CC(=O)\C(C)=C/C=C/C=C/C=C/C=C/C=C/C=C/C=C/C=C/C=C/CC(O)CC(=O)O. The summed E-state index contributed by atoms with van der Waals surface area (Å²) in [5.74, 6) is -0.924. The molecule has 0 radical (unpaired) electrons. The van der Waals surface area contributed by atoms with Crippen LogP contribution in [0.5, 0.6) is 0 Å². The molecule has 164 valence electrons. The number of allylic oxidation sites excluding steroid dienone is 19. The second kappa shape index (κ2) is 19.8. The number of carboxylic acid groups (broad SMARTS) is 1. The lowest BCUT2D eigenvalue weighted by Gasteiger charge is -2.01. The zero-order chi connectivity index (χ0) is 23.2. The number of carboxylic acids is 1. The molecule has 0 aliphatic rings. The minimum absolute atomic E-state index is 0.0763. The molecule has 2 N–H and O–H groups in total. The van der Waals surface area contributed by atoms with Crippen molar-refractivity contribution in [2.75, 3.05) is 0 Å². The summed E-state index contributed by atoms with van der Waals surface area (Å²) in [6.07, 6.45) is 34.8. The van der Waals surface area contributed by atoms with Crippen molar-refractivity contribution in [2.24, 2.45) is 0 Å². The summed E-state index contributed by atoms with van der Waals surface area (Å²) in [5, 5.41) is 17.9. The summed E-state index contributed by atoms with van der Waals surface area (Å²) in [6, 6.07) is 0. The maximum atomic E-state index is 11.0. The highest BCUT2D eigenvalue weighted by molar-refractivity contribution is 5.92. The van der Waals surface area contributed by atoms with Gasteiger partial charge in [0, 0.05) is 0 Å². The number of hydrogen-bond acceptors (Lipinski definition) is 3. The number of carbonyl (C=O) groups is 2. The van der Waals surface area contributed by atoms with Gasteiger partial charge in [-0.1, -0.05) is 115 Å². The molecule has 0 heterocycles. The first-order valence-electron chi connectivity index (χ1n) is 10.0. The fourth-order valence-electron chi connectivity index (χ4n) is 1.88. The highest BCUT2D eigenvalue weighted by atomic mass is 16.4. The van der Waals surface area contributed by atoms with Crippen molar-refractivity contribution in [3.63, 3.8) is 0 Å². The summed E-state index contributed by atoms with van der Waals surface area (Å²) < 4.78 is 0. The van der Waals surface area contributed by atoms with Gasteiger partial charge in [0.15, 0.2) is 5.78 Å². The number of Topliss-reactive ketones (excluding diaryl/α,β-unsaturated/α-hetero) is 1. The van der Waals surface area contributed by atoms with Crippen molar-refractivity contribution in [1.29, 1.82) is 0 Å². The van der Waals surface area contributed by atoms with Gasteiger partial charge in [0.05, 0.1) is 12.5 Å². The minimum Gasteiger partial charge on any atom is -0.481 e. The van der Waals surface area contributed by atoms with Gasteiger partial charge >= 0.3 is 5.97 Å². The topological polar surface area (TPSA) is 74.6 Å². The summed E-state index contributed by atoms with van der Waals surface area (Å²) >= 11 is 0. The van der Waals surface area contributed by atoms with Crippen LogP contribution >= 0.6 is 0 Å². The zero-order valence-electron chi connectivity index (χ0n) is 18.2. The summed E-state index contributed by atoms with van der Waals surface area (Å²) in [7, 11) is 0. The number of hydrogen-bond donors (Lipinski definition) is 2. The van der Waals surface area contributed by atoms with Crippen LogP contribution in [-0.4, -0.2) is 28.1 Å². The molecule has 31 heavy (non-hydrogen) atoms. The van der Waals surface area contributed by atoms with Gasteiger partial charge in [-0.15, -0.1) is 0 Å². The first-order chi connectivity index (χ1) is 14.9. The smallest absolute Gasteiger partial charge is 0.305 e. The molecule has 0 fully saturated rings. The lowest BCUT2D eigenvalue weighted by molar-refractivity contribution is -0.139. The molecule has 4 nitrogen and oxygen atoms in total. The molecule has 0 spiro atoms. The normalized spacial score (nSPS) is 15.1. The van der Waals surface area contributed by atoms with E-state index >= 15 is 0 Å². The molecular weight excluding hydrogens is 388 g/mol. The molecule has 0 aromatic carbocycles. The number of aliphatic hydroxyl groups is 1. The molecule has 0 amide bonds. The highest BCUT2D eigenvalue weighted by Crippen LogP contribution is 1.99. The van der Waals surface area contributed by atoms with Gasteiger partial charge in [-0.25, -0.2) is 0 Å². The van der Waals surface area contributed by atoms with E-state index in [1.54, 1.807) is 32.1 Å². The van der Waals surface area contributed by atoms with Crippen molar-refractivity contribution in [1.82, 2.24) is 0 Å². The lowest BCUT2D eigenvalue weighted by Crippen LogP contribution is -2.11. The van der Waals surface area contributed by atoms with E-state index < -0.39 is 12.1 Å². The van der Waals surface area contributed by atoms with Crippen LogP contribution in [0.15, 0.2) is 121 Å². The molecule has 1 unspecified atom stereocenters. The van der Waals surface area contributed by atoms with Gasteiger partial charge in [0.2, 0.25) is 0 Å². The van der Waals surface area contributed by atoms with E-state index in [2.05, 4.69) is 0 Å². The molecule has 0 aliphatic carbocycles. The van der Waals surface area contributed by atoms with Gasteiger partial charge in [-0.2, -0.15) is 0 Å². The fraction of sp³-hybridized carbons (Fsp3) is 0.185. The Hall–Kier alpha value is -3.50. The quantitative estimate of drug-likeness (QED) is 0.277. The van der Waals surface area contributed by atoms with E-state index in [9.17, 15) is 14.7 Å². The van der Waals surface area contributed by atoms with Crippen LogP contribution in [-0.2, 0) is 9.59 Å². The number of rotatable bonds is 14. The third-order valence-corrected chi connectivity index (χ3v) is 3.63. The predicted octanol–water partition coefficient (Wildman–Crippen LogP) is 5.75. The van der Waals surface area contributed by atoms with Crippen molar-refractivity contribution >= 4 is 11.8 Å². The molecule has 0 saturated carbocycles. The Morgan fingerprint density at radius 1 is 0.645 bits per heavy atom. The summed E-state index contributed by atoms with van der Waals surface area (Å²) in [5.41, 5.74) is 0.733. The maximum Gasteiger partial charge on any atom is 0.305 e. The first-order valence-corrected chi connectivity index (χ1v) is 10.0. The molecule has 0 saturated heterocycles. The monoisotopic (exact) mass is 420 g/mol. The zero-order valence-corrected chi connectivity index (χ0v) is 18.2. The van der Waals surface area contributed by atoms with E-state index in [0.717, 1.165) is 5.57 Å².